The van der Waals surface area contributed by atoms with E-state index in [9.17, 15) is 9.59 Å². The number of carbonyl (C=O) groups excluding carboxylic acids is 2. The summed E-state index contributed by atoms with van der Waals surface area (Å²) in [5, 5.41) is 3.04. The number of guanidine groups is 1. The standard InChI is InChI=1S/C29H35N5O2/c1-34(21-19-22-12-5-2-6-13-22)28(36)25(18-11-20-32-29(30)31)33-27(35)26(23-14-7-3-8-15-23)24-16-9-4-10-17-24/h2-10,12-17,25-26H,11,18-21H2,1H3,(H,33,35)(H4,30,31,32)/t25-/m1/s1. The zero-order valence-corrected chi connectivity index (χ0v) is 20.7. The average Bonchev–Trinajstić information content (AvgIpc) is 2.90. The van der Waals surface area contributed by atoms with Gasteiger partial charge in [-0.1, -0.05) is 91.0 Å². The smallest absolute Gasteiger partial charge is 0.244 e. The Kier molecular flexibility index (Phi) is 10.1. The highest BCUT2D eigenvalue weighted by Crippen LogP contribution is 2.25. The molecule has 0 aliphatic heterocycles. The number of amides is 2. The number of hydrogen-bond donors (Lipinski definition) is 3. The maximum atomic E-state index is 13.7. The minimum Gasteiger partial charge on any atom is -0.370 e. The van der Waals surface area contributed by atoms with Crippen molar-refractivity contribution in [1.82, 2.24) is 10.2 Å². The Labute approximate surface area is 213 Å². The molecular formula is C29H35N5O2. The van der Waals surface area contributed by atoms with Crippen LogP contribution in [-0.4, -0.2) is 48.9 Å². The minimum absolute atomic E-state index is 0.00936. The van der Waals surface area contributed by atoms with Crippen molar-refractivity contribution in [2.45, 2.75) is 31.2 Å². The van der Waals surface area contributed by atoms with Crippen molar-refractivity contribution in [1.29, 1.82) is 0 Å². The van der Waals surface area contributed by atoms with Crippen molar-refractivity contribution >= 4 is 17.8 Å². The molecule has 36 heavy (non-hydrogen) atoms. The van der Waals surface area contributed by atoms with E-state index in [-0.39, 0.29) is 17.8 Å². The molecule has 0 aliphatic carbocycles. The molecule has 7 heteroatoms. The number of hydrogen-bond acceptors (Lipinski definition) is 3. The maximum absolute atomic E-state index is 13.7. The summed E-state index contributed by atoms with van der Waals surface area (Å²) in [6.07, 6.45) is 1.71. The van der Waals surface area contributed by atoms with Crippen molar-refractivity contribution < 1.29 is 9.59 Å². The van der Waals surface area contributed by atoms with Crippen LogP contribution in [0.4, 0.5) is 0 Å². The van der Waals surface area contributed by atoms with Gasteiger partial charge in [-0.2, -0.15) is 0 Å². The maximum Gasteiger partial charge on any atom is 0.244 e. The molecule has 0 radical (unpaired) electrons. The Morgan fingerprint density at radius 2 is 1.39 bits per heavy atom. The third-order valence-corrected chi connectivity index (χ3v) is 6.04. The second-order valence-electron chi connectivity index (χ2n) is 8.76. The first kappa shape index (κ1) is 26.5. The van der Waals surface area contributed by atoms with E-state index in [1.807, 2.05) is 91.0 Å². The third kappa shape index (κ3) is 7.98. The Hall–Kier alpha value is -4.13. The summed E-state index contributed by atoms with van der Waals surface area (Å²) in [4.78, 5) is 32.8. The van der Waals surface area contributed by atoms with E-state index in [2.05, 4.69) is 10.3 Å². The molecule has 3 aromatic rings. The lowest BCUT2D eigenvalue weighted by atomic mass is 9.90. The van der Waals surface area contributed by atoms with Crippen LogP contribution in [0.15, 0.2) is 96.0 Å². The van der Waals surface area contributed by atoms with Gasteiger partial charge in [0.05, 0.1) is 5.92 Å². The van der Waals surface area contributed by atoms with Crippen LogP contribution in [-0.2, 0) is 16.0 Å². The lowest BCUT2D eigenvalue weighted by Crippen LogP contribution is -2.49. The molecule has 0 saturated heterocycles. The summed E-state index contributed by atoms with van der Waals surface area (Å²) >= 11 is 0. The van der Waals surface area contributed by atoms with Gasteiger partial charge in [-0.3, -0.25) is 14.6 Å². The number of nitrogens with two attached hydrogens (primary N) is 2. The van der Waals surface area contributed by atoms with E-state index in [1.165, 1.54) is 0 Å². The summed E-state index contributed by atoms with van der Waals surface area (Å²) in [5.41, 5.74) is 13.8. The molecule has 3 rings (SSSR count). The van der Waals surface area contributed by atoms with Crippen LogP contribution in [0, 0.1) is 0 Å². The number of nitrogens with zero attached hydrogens (tertiary/aromatic N) is 2. The van der Waals surface area contributed by atoms with E-state index in [4.69, 9.17) is 11.5 Å². The van der Waals surface area contributed by atoms with Crippen LogP contribution in [0.2, 0.25) is 0 Å². The Bertz CT molecular complexity index is 1080. The molecule has 0 saturated carbocycles. The normalized spacial score (nSPS) is 11.5. The van der Waals surface area contributed by atoms with Crippen LogP contribution >= 0.6 is 0 Å². The average molecular weight is 486 g/mol. The van der Waals surface area contributed by atoms with Crippen LogP contribution < -0.4 is 16.8 Å². The Balaban J connectivity index is 1.77. The van der Waals surface area contributed by atoms with Gasteiger partial charge in [-0.15, -0.1) is 0 Å². The van der Waals surface area contributed by atoms with Crippen LogP contribution in [0.5, 0.6) is 0 Å². The second-order valence-corrected chi connectivity index (χ2v) is 8.76. The zero-order chi connectivity index (χ0) is 25.8. The van der Waals surface area contributed by atoms with Gasteiger partial charge in [0.25, 0.3) is 0 Å². The summed E-state index contributed by atoms with van der Waals surface area (Å²) in [6.45, 7) is 0.931. The van der Waals surface area contributed by atoms with Gasteiger partial charge in [0.1, 0.15) is 6.04 Å². The quantitative estimate of drug-likeness (QED) is 0.208. The molecule has 188 valence electrons. The van der Waals surface area contributed by atoms with Crippen LogP contribution in [0.1, 0.15) is 35.4 Å². The van der Waals surface area contributed by atoms with E-state index in [0.29, 0.717) is 25.9 Å². The van der Waals surface area contributed by atoms with Gasteiger partial charge in [0.2, 0.25) is 11.8 Å². The number of benzene rings is 3. The predicted molar refractivity (Wildman–Crippen MR) is 144 cm³/mol. The van der Waals surface area contributed by atoms with Crippen LogP contribution in [0.3, 0.4) is 0 Å². The largest absolute Gasteiger partial charge is 0.370 e. The molecular weight excluding hydrogens is 450 g/mol. The summed E-state index contributed by atoms with van der Waals surface area (Å²) in [6, 6.07) is 28.5. The van der Waals surface area contributed by atoms with Crippen molar-refractivity contribution in [3.8, 4) is 0 Å². The Morgan fingerprint density at radius 3 is 1.92 bits per heavy atom. The molecule has 0 fully saturated rings. The van der Waals surface area contributed by atoms with Gasteiger partial charge in [0.15, 0.2) is 5.96 Å². The van der Waals surface area contributed by atoms with Crippen LogP contribution in [0.25, 0.3) is 0 Å². The van der Waals surface area contributed by atoms with E-state index in [1.54, 1.807) is 11.9 Å². The van der Waals surface area contributed by atoms with Crippen molar-refractivity contribution in [3.05, 3.63) is 108 Å². The number of rotatable bonds is 12. The number of nitrogens with one attached hydrogen (secondary N) is 1. The van der Waals surface area contributed by atoms with E-state index >= 15 is 0 Å². The highest BCUT2D eigenvalue weighted by molar-refractivity contribution is 5.92. The molecule has 0 heterocycles. The monoisotopic (exact) mass is 485 g/mol. The lowest BCUT2D eigenvalue weighted by molar-refractivity contribution is -0.135. The summed E-state index contributed by atoms with van der Waals surface area (Å²) in [7, 11) is 1.77. The fourth-order valence-corrected chi connectivity index (χ4v) is 4.12. The summed E-state index contributed by atoms with van der Waals surface area (Å²) < 4.78 is 0. The fraction of sp³-hybridized carbons (Fsp3) is 0.276. The zero-order valence-electron chi connectivity index (χ0n) is 20.7. The second kappa shape index (κ2) is 13.7. The van der Waals surface area contributed by atoms with E-state index in [0.717, 1.165) is 23.1 Å². The van der Waals surface area contributed by atoms with E-state index < -0.39 is 12.0 Å². The van der Waals surface area contributed by atoms with Gasteiger partial charge >= 0.3 is 0 Å². The molecule has 0 aromatic heterocycles. The SMILES string of the molecule is CN(CCc1ccccc1)C(=O)[C@@H](CCCN=C(N)N)NC(=O)C(c1ccccc1)c1ccccc1. The van der Waals surface area contributed by atoms with Crippen molar-refractivity contribution in [2.24, 2.45) is 16.5 Å². The first-order valence-electron chi connectivity index (χ1n) is 12.2. The van der Waals surface area contributed by atoms with Gasteiger partial charge in [0, 0.05) is 20.1 Å². The molecule has 0 spiro atoms. The molecule has 7 nitrogen and oxygen atoms in total. The molecule has 3 aromatic carbocycles. The van der Waals surface area contributed by atoms with Gasteiger partial charge in [-0.25, -0.2) is 0 Å². The van der Waals surface area contributed by atoms with Crippen molar-refractivity contribution in [3.63, 3.8) is 0 Å². The Morgan fingerprint density at radius 1 is 0.861 bits per heavy atom. The molecule has 2 amide bonds. The highest BCUT2D eigenvalue weighted by Gasteiger charge is 2.29. The lowest BCUT2D eigenvalue weighted by Gasteiger charge is -2.27. The first-order chi connectivity index (χ1) is 17.5. The molecule has 0 bridgehead atoms. The summed E-state index contributed by atoms with van der Waals surface area (Å²) in [5.74, 6) is -0.877. The molecule has 1 atom stereocenters. The van der Waals surface area contributed by atoms with Gasteiger partial charge in [-0.05, 0) is 36.0 Å². The first-order valence-corrected chi connectivity index (χ1v) is 12.2. The predicted octanol–water partition coefficient (Wildman–Crippen LogP) is 3.06. The number of carbonyl (C=O) groups is 2. The number of likely N-dealkylation sites (N-methyl/N-ethyl adjacent to an activating group) is 1. The van der Waals surface area contributed by atoms with Crippen molar-refractivity contribution in [2.75, 3.05) is 20.1 Å². The molecule has 5 N–H and O–H groups in total. The highest BCUT2D eigenvalue weighted by atomic mass is 16.2. The van der Waals surface area contributed by atoms with Gasteiger partial charge < -0.3 is 21.7 Å². The molecule has 0 unspecified atom stereocenters. The molecule has 0 aliphatic rings. The fourth-order valence-electron chi connectivity index (χ4n) is 4.12. The number of aliphatic imine (C=N–C) groups is 1. The minimum atomic E-state index is -0.692. The third-order valence-electron chi connectivity index (χ3n) is 6.04. The topological polar surface area (TPSA) is 114 Å².